The molecular weight excluding hydrogens is 280 g/mol. The van der Waals surface area contributed by atoms with Crippen molar-refractivity contribution >= 4 is 33.2 Å². The van der Waals surface area contributed by atoms with Crippen LogP contribution in [0.1, 0.15) is 19.3 Å². The van der Waals surface area contributed by atoms with Gasteiger partial charge in [-0.3, -0.25) is 4.79 Å². The van der Waals surface area contributed by atoms with E-state index in [1.165, 1.54) is 19.3 Å². The highest BCUT2D eigenvalue weighted by molar-refractivity contribution is 9.10. The van der Waals surface area contributed by atoms with E-state index in [-0.39, 0.29) is 11.8 Å². The highest BCUT2D eigenvalue weighted by Gasteiger charge is 2.56. The van der Waals surface area contributed by atoms with Gasteiger partial charge in [0, 0.05) is 21.8 Å². The molecule has 0 bridgehead atoms. The molecule has 0 aromatic heterocycles. The lowest BCUT2D eigenvalue weighted by molar-refractivity contribution is -0.118. The normalized spacial score (nSPS) is 29.8. The molecule has 0 spiro atoms. The molecule has 1 aromatic rings. The third-order valence-corrected chi connectivity index (χ3v) is 4.69. The SMILES string of the molecule is Nc1cc(NC(=O)C2C3CCCC32)ccc1Br. The fourth-order valence-electron chi connectivity index (χ4n) is 3.06. The predicted molar refractivity (Wildman–Crippen MR) is 71.5 cm³/mol. The van der Waals surface area contributed by atoms with Gasteiger partial charge in [-0.1, -0.05) is 6.42 Å². The van der Waals surface area contributed by atoms with Gasteiger partial charge in [0.2, 0.25) is 5.91 Å². The zero-order chi connectivity index (χ0) is 12.0. The Morgan fingerprint density at radius 2 is 2.06 bits per heavy atom. The first-order chi connectivity index (χ1) is 8.16. The largest absolute Gasteiger partial charge is 0.398 e. The van der Waals surface area contributed by atoms with Crippen LogP contribution in [0.5, 0.6) is 0 Å². The van der Waals surface area contributed by atoms with Crippen LogP contribution in [0.3, 0.4) is 0 Å². The molecule has 3 rings (SSSR count). The predicted octanol–water partition coefficient (Wildman–Crippen LogP) is 3.02. The maximum atomic E-state index is 12.0. The minimum Gasteiger partial charge on any atom is -0.398 e. The van der Waals surface area contributed by atoms with Crippen LogP contribution in [-0.2, 0) is 4.79 Å². The molecule has 0 aliphatic heterocycles. The van der Waals surface area contributed by atoms with Crippen molar-refractivity contribution < 1.29 is 4.79 Å². The number of nitrogen functional groups attached to an aromatic ring is 1. The van der Waals surface area contributed by atoms with Crippen molar-refractivity contribution in [3.05, 3.63) is 22.7 Å². The lowest BCUT2D eigenvalue weighted by Gasteiger charge is -2.08. The Hall–Kier alpha value is -1.03. The van der Waals surface area contributed by atoms with Crippen molar-refractivity contribution in [2.45, 2.75) is 19.3 Å². The lowest BCUT2D eigenvalue weighted by atomic mass is 10.1. The summed E-state index contributed by atoms with van der Waals surface area (Å²) in [5.41, 5.74) is 7.23. The first kappa shape index (κ1) is 11.1. The molecule has 3 N–H and O–H groups in total. The number of halogens is 1. The fourth-order valence-corrected chi connectivity index (χ4v) is 3.30. The van der Waals surface area contributed by atoms with Gasteiger partial charge >= 0.3 is 0 Å². The highest BCUT2D eigenvalue weighted by Crippen LogP contribution is 2.57. The fraction of sp³-hybridized carbons (Fsp3) is 0.462. The number of nitrogens with two attached hydrogens (primary N) is 1. The van der Waals surface area contributed by atoms with E-state index in [0.29, 0.717) is 17.5 Å². The van der Waals surface area contributed by atoms with E-state index in [1.807, 2.05) is 12.1 Å². The third kappa shape index (κ3) is 1.95. The maximum Gasteiger partial charge on any atom is 0.228 e. The summed E-state index contributed by atoms with van der Waals surface area (Å²) in [6, 6.07) is 5.52. The molecule has 2 unspecified atom stereocenters. The second-order valence-electron chi connectivity index (χ2n) is 5.01. The van der Waals surface area contributed by atoms with Crippen LogP contribution >= 0.6 is 15.9 Å². The second kappa shape index (κ2) is 4.02. The molecule has 2 fully saturated rings. The van der Waals surface area contributed by atoms with E-state index in [9.17, 15) is 4.79 Å². The number of amides is 1. The van der Waals surface area contributed by atoms with Crippen molar-refractivity contribution in [1.82, 2.24) is 0 Å². The van der Waals surface area contributed by atoms with Gasteiger partial charge in [0.25, 0.3) is 0 Å². The third-order valence-electron chi connectivity index (χ3n) is 3.97. The van der Waals surface area contributed by atoms with Crippen LogP contribution in [0.4, 0.5) is 11.4 Å². The van der Waals surface area contributed by atoms with Gasteiger partial charge in [-0.25, -0.2) is 0 Å². The van der Waals surface area contributed by atoms with Gasteiger partial charge in [-0.2, -0.15) is 0 Å². The Kier molecular flexibility index (Phi) is 2.62. The molecule has 1 aromatic carbocycles. The van der Waals surface area contributed by atoms with E-state index in [2.05, 4.69) is 21.2 Å². The van der Waals surface area contributed by atoms with Crippen molar-refractivity contribution in [3.63, 3.8) is 0 Å². The van der Waals surface area contributed by atoms with Crippen LogP contribution in [0.15, 0.2) is 22.7 Å². The Balaban J connectivity index is 1.67. The number of carbonyl (C=O) groups is 1. The summed E-state index contributed by atoms with van der Waals surface area (Å²) in [6.45, 7) is 0. The van der Waals surface area contributed by atoms with Crippen molar-refractivity contribution in [2.24, 2.45) is 17.8 Å². The minimum atomic E-state index is 0.168. The molecule has 2 saturated carbocycles. The average Bonchev–Trinajstić information content (AvgIpc) is 2.78. The summed E-state index contributed by atoms with van der Waals surface area (Å²) < 4.78 is 0.860. The molecule has 3 nitrogen and oxygen atoms in total. The summed E-state index contributed by atoms with van der Waals surface area (Å²) in [5.74, 6) is 1.74. The van der Waals surface area contributed by atoms with Gasteiger partial charge in [0.05, 0.1) is 0 Å². The van der Waals surface area contributed by atoms with E-state index >= 15 is 0 Å². The smallest absolute Gasteiger partial charge is 0.228 e. The zero-order valence-electron chi connectivity index (χ0n) is 9.45. The van der Waals surface area contributed by atoms with Crippen LogP contribution in [-0.4, -0.2) is 5.91 Å². The molecule has 90 valence electrons. The number of anilines is 2. The van der Waals surface area contributed by atoms with Crippen LogP contribution in [0.25, 0.3) is 0 Å². The molecule has 2 atom stereocenters. The molecule has 17 heavy (non-hydrogen) atoms. The summed E-state index contributed by atoms with van der Waals surface area (Å²) in [4.78, 5) is 12.0. The monoisotopic (exact) mass is 294 g/mol. The summed E-state index contributed by atoms with van der Waals surface area (Å²) >= 11 is 3.34. The number of nitrogens with one attached hydrogen (secondary N) is 1. The van der Waals surface area contributed by atoms with E-state index in [4.69, 9.17) is 5.73 Å². The van der Waals surface area contributed by atoms with Crippen molar-refractivity contribution in [1.29, 1.82) is 0 Å². The molecule has 2 aliphatic carbocycles. The Labute approximate surface area is 109 Å². The summed E-state index contributed by atoms with van der Waals surface area (Å²) in [7, 11) is 0. The van der Waals surface area contributed by atoms with Gasteiger partial charge in [-0.15, -0.1) is 0 Å². The number of hydrogen-bond donors (Lipinski definition) is 2. The zero-order valence-corrected chi connectivity index (χ0v) is 11.0. The first-order valence-corrected chi connectivity index (χ1v) is 6.82. The molecule has 0 saturated heterocycles. The number of hydrogen-bond acceptors (Lipinski definition) is 2. The highest BCUT2D eigenvalue weighted by atomic mass is 79.9. The molecular formula is C13H15BrN2O. The average molecular weight is 295 g/mol. The van der Waals surface area contributed by atoms with Gasteiger partial charge in [0.1, 0.15) is 0 Å². The number of fused-ring (bicyclic) bond motifs is 1. The maximum absolute atomic E-state index is 12.0. The number of rotatable bonds is 2. The van der Waals surface area contributed by atoms with E-state index in [1.54, 1.807) is 6.07 Å². The lowest BCUT2D eigenvalue weighted by Crippen LogP contribution is -2.16. The van der Waals surface area contributed by atoms with Crippen molar-refractivity contribution in [3.8, 4) is 0 Å². The van der Waals surface area contributed by atoms with Gasteiger partial charge < -0.3 is 11.1 Å². The second-order valence-corrected chi connectivity index (χ2v) is 5.86. The molecule has 1 amide bonds. The van der Waals surface area contributed by atoms with E-state index in [0.717, 1.165) is 10.2 Å². The standard InChI is InChI=1S/C13H15BrN2O/c14-10-5-4-7(6-11(10)15)16-13(17)12-8-2-1-3-9(8)12/h4-6,8-9,12H,1-3,15H2,(H,16,17). The summed E-state index contributed by atoms with van der Waals surface area (Å²) in [6.07, 6.45) is 3.75. The Morgan fingerprint density at radius 3 is 2.71 bits per heavy atom. The minimum absolute atomic E-state index is 0.168. The van der Waals surface area contributed by atoms with Crippen molar-refractivity contribution in [2.75, 3.05) is 11.1 Å². The van der Waals surface area contributed by atoms with Crippen LogP contribution < -0.4 is 11.1 Å². The van der Waals surface area contributed by atoms with Crippen LogP contribution in [0, 0.1) is 17.8 Å². The molecule has 0 radical (unpaired) electrons. The molecule has 2 aliphatic rings. The Morgan fingerprint density at radius 1 is 1.35 bits per heavy atom. The first-order valence-electron chi connectivity index (χ1n) is 6.02. The molecule has 0 heterocycles. The number of benzene rings is 1. The van der Waals surface area contributed by atoms with Gasteiger partial charge in [0.15, 0.2) is 0 Å². The topological polar surface area (TPSA) is 55.1 Å². The number of carbonyl (C=O) groups excluding carboxylic acids is 1. The quantitative estimate of drug-likeness (QED) is 0.824. The van der Waals surface area contributed by atoms with E-state index < -0.39 is 0 Å². The Bertz CT molecular complexity index is 464. The van der Waals surface area contributed by atoms with Gasteiger partial charge in [-0.05, 0) is 58.8 Å². The summed E-state index contributed by atoms with van der Waals surface area (Å²) in [5, 5.41) is 2.96. The van der Waals surface area contributed by atoms with Crippen LogP contribution in [0.2, 0.25) is 0 Å². The molecule has 4 heteroatoms.